The van der Waals surface area contributed by atoms with E-state index in [2.05, 4.69) is 40.9 Å². The molecule has 1 amide bonds. The Labute approximate surface area is 168 Å². The molecule has 5 nitrogen and oxygen atoms in total. The monoisotopic (exact) mass is 382 g/mol. The molecular formula is C23H34N4O. The number of piperidine rings is 1. The third-order valence-corrected chi connectivity index (χ3v) is 6.41. The number of nitrogens with zero attached hydrogens (tertiary/aromatic N) is 3. The second kappa shape index (κ2) is 8.66. The van der Waals surface area contributed by atoms with Gasteiger partial charge in [0.1, 0.15) is 0 Å². The maximum Gasteiger partial charge on any atom is 0.253 e. The fourth-order valence-corrected chi connectivity index (χ4v) is 4.64. The number of nitrogens with one attached hydrogen (secondary N) is 1. The molecule has 0 saturated carbocycles. The minimum absolute atomic E-state index is 0.180. The molecule has 2 aliphatic rings. The molecule has 0 bridgehead atoms. The quantitative estimate of drug-likeness (QED) is 0.877. The van der Waals surface area contributed by atoms with Gasteiger partial charge in [0.2, 0.25) is 0 Å². The molecule has 2 aromatic rings. The molecule has 0 spiro atoms. The van der Waals surface area contributed by atoms with Crippen LogP contribution in [0, 0.1) is 0 Å². The standard InChI is InChI=1S/C23H34N4O/c1-18(2)26-12-6-9-25(13-14-26)17-20-16-24-22-15-19(7-8-21(20)22)23(28)27-10-4-3-5-11-27/h7-8,15-16,18,24H,3-6,9-14,17H2,1-2H3. The van der Waals surface area contributed by atoms with E-state index in [9.17, 15) is 4.79 Å². The van der Waals surface area contributed by atoms with E-state index < -0.39 is 0 Å². The number of fused-ring (bicyclic) bond motifs is 1. The second-order valence-corrected chi connectivity index (χ2v) is 8.69. The van der Waals surface area contributed by atoms with Gasteiger partial charge in [0.15, 0.2) is 0 Å². The predicted molar refractivity (Wildman–Crippen MR) is 115 cm³/mol. The fraction of sp³-hybridized carbons (Fsp3) is 0.609. The predicted octanol–water partition coefficient (Wildman–Crippen LogP) is 3.71. The zero-order valence-electron chi connectivity index (χ0n) is 17.4. The summed E-state index contributed by atoms with van der Waals surface area (Å²) in [5.41, 5.74) is 3.23. The van der Waals surface area contributed by atoms with Gasteiger partial charge in [0, 0.05) is 61.4 Å². The van der Waals surface area contributed by atoms with Crippen molar-refractivity contribution in [3.63, 3.8) is 0 Å². The highest BCUT2D eigenvalue weighted by Crippen LogP contribution is 2.23. The van der Waals surface area contributed by atoms with E-state index in [4.69, 9.17) is 0 Å². The first-order valence-electron chi connectivity index (χ1n) is 11.0. The Morgan fingerprint density at radius 3 is 2.61 bits per heavy atom. The fourth-order valence-electron chi connectivity index (χ4n) is 4.64. The Morgan fingerprint density at radius 1 is 1.00 bits per heavy atom. The van der Waals surface area contributed by atoms with Gasteiger partial charge in [0.05, 0.1) is 0 Å². The second-order valence-electron chi connectivity index (χ2n) is 8.69. The zero-order chi connectivity index (χ0) is 19.5. The zero-order valence-corrected chi connectivity index (χ0v) is 17.4. The molecule has 152 valence electrons. The summed E-state index contributed by atoms with van der Waals surface area (Å²) in [5.74, 6) is 0.180. The molecule has 0 radical (unpaired) electrons. The summed E-state index contributed by atoms with van der Waals surface area (Å²) in [6.45, 7) is 12.0. The molecule has 1 N–H and O–H groups in total. The molecule has 0 unspecified atom stereocenters. The topological polar surface area (TPSA) is 42.6 Å². The Balaban J connectivity index is 1.45. The Morgan fingerprint density at radius 2 is 1.82 bits per heavy atom. The molecule has 3 heterocycles. The van der Waals surface area contributed by atoms with Crippen molar-refractivity contribution in [2.24, 2.45) is 0 Å². The summed E-state index contributed by atoms with van der Waals surface area (Å²) in [6, 6.07) is 6.82. The summed E-state index contributed by atoms with van der Waals surface area (Å²) in [7, 11) is 0. The van der Waals surface area contributed by atoms with Crippen LogP contribution in [0.5, 0.6) is 0 Å². The van der Waals surface area contributed by atoms with E-state index in [-0.39, 0.29) is 5.91 Å². The van der Waals surface area contributed by atoms with Crippen molar-refractivity contribution in [1.82, 2.24) is 19.7 Å². The number of carbonyl (C=O) groups excluding carboxylic acids is 1. The average Bonchev–Trinajstić information content (AvgIpc) is 2.95. The number of hydrogen-bond acceptors (Lipinski definition) is 3. The smallest absolute Gasteiger partial charge is 0.253 e. The maximum atomic E-state index is 12.8. The average molecular weight is 383 g/mol. The summed E-state index contributed by atoms with van der Waals surface area (Å²) >= 11 is 0. The van der Waals surface area contributed by atoms with Crippen LogP contribution >= 0.6 is 0 Å². The number of benzene rings is 1. The minimum Gasteiger partial charge on any atom is -0.361 e. The third-order valence-electron chi connectivity index (χ3n) is 6.41. The lowest BCUT2D eigenvalue weighted by Gasteiger charge is -2.26. The van der Waals surface area contributed by atoms with Crippen LogP contribution in [0.25, 0.3) is 10.9 Å². The number of amides is 1. The number of hydrogen-bond donors (Lipinski definition) is 1. The molecule has 1 aromatic heterocycles. The summed E-state index contributed by atoms with van der Waals surface area (Å²) in [5, 5.41) is 1.25. The molecule has 28 heavy (non-hydrogen) atoms. The number of rotatable bonds is 4. The number of carbonyl (C=O) groups is 1. The lowest BCUT2D eigenvalue weighted by molar-refractivity contribution is 0.0724. The van der Waals surface area contributed by atoms with E-state index in [0.29, 0.717) is 6.04 Å². The van der Waals surface area contributed by atoms with Crippen LogP contribution in [0.3, 0.4) is 0 Å². The van der Waals surface area contributed by atoms with Gasteiger partial charge in [-0.3, -0.25) is 14.6 Å². The summed E-state index contributed by atoms with van der Waals surface area (Å²) in [6.07, 6.45) is 6.86. The Bertz CT molecular complexity index is 806. The SMILES string of the molecule is CC(C)N1CCCN(Cc2c[nH]c3cc(C(=O)N4CCCCC4)ccc23)CC1. The largest absolute Gasteiger partial charge is 0.361 e. The number of aromatic amines is 1. The van der Waals surface area contributed by atoms with Gasteiger partial charge in [-0.1, -0.05) is 6.07 Å². The van der Waals surface area contributed by atoms with Crippen molar-refractivity contribution >= 4 is 16.8 Å². The molecule has 5 heteroatoms. The highest BCUT2D eigenvalue weighted by atomic mass is 16.2. The lowest BCUT2D eigenvalue weighted by Crippen LogP contribution is -2.35. The highest BCUT2D eigenvalue weighted by Gasteiger charge is 2.20. The van der Waals surface area contributed by atoms with E-state index in [1.807, 2.05) is 17.0 Å². The van der Waals surface area contributed by atoms with E-state index in [0.717, 1.165) is 63.2 Å². The van der Waals surface area contributed by atoms with Gasteiger partial charge < -0.3 is 9.88 Å². The van der Waals surface area contributed by atoms with Gasteiger partial charge in [-0.15, -0.1) is 0 Å². The molecule has 2 aliphatic heterocycles. The van der Waals surface area contributed by atoms with Crippen LogP contribution in [-0.2, 0) is 6.54 Å². The minimum atomic E-state index is 0.180. The summed E-state index contributed by atoms with van der Waals surface area (Å²) in [4.78, 5) is 23.4. The van der Waals surface area contributed by atoms with Crippen molar-refractivity contribution in [3.05, 3.63) is 35.5 Å². The first-order valence-corrected chi connectivity index (χ1v) is 11.0. The number of aromatic nitrogens is 1. The molecular weight excluding hydrogens is 348 g/mol. The van der Waals surface area contributed by atoms with Gasteiger partial charge >= 0.3 is 0 Å². The van der Waals surface area contributed by atoms with Crippen molar-refractivity contribution in [2.45, 2.75) is 52.1 Å². The van der Waals surface area contributed by atoms with Crippen LogP contribution < -0.4 is 0 Å². The van der Waals surface area contributed by atoms with Gasteiger partial charge in [0.25, 0.3) is 5.91 Å². The molecule has 0 atom stereocenters. The van der Waals surface area contributed by atoms with Crippen LogP contribution in [0.2, 0.25) is 0 Å². The Kier molecular flexibility index (Phi) is 6.02. The van der Waals surface area contributed by atoms with Crippen LogP contribution in [0.15, 0.2) is 24.4 Å². The van der Waals surface area contributed by atoms with Gasteiger partial charge in [-0.05, 0) is 70.3 Å². The first-order chi connectivity index (χ1) is 13.6. The van der Waals surface area contributed by atoms with Gasteiger partial charge in [-0.25, -0.2) is 0 Å². The number of likely N-dealkylation sites (tertiary alicyclic amines) is 1. The first kappa shape index (κ1) is 19.5. The van der Waals surface area contributed by atoms with Crippen molar-refractivity contribution in [2.75, 3.05) is 39.3 Å². The van der Waals surface area contributed by atoms with Crippen molar-refractivity contribution in [3.8, 4) is 0 Å². The highest BCUT2D eigenvalue weighted by molar-refractivity contribution is 5.98. The van der Waals surface area contributed by atoms with Crippen molar-refractivity contribution in [1.29, 1.82) is 0 Å². The van der Waals surface area contributed by atoms with Crippen molar-refractivity contribution < 1.29 is 4.79 Å². The summed E-state index contributed by atoms with van der Waals surface area (Å²) < 4.78 is 0. The maximum absolute atomic E-state index is 12.8. The normalized spacial score (nSPS) is 20.0. The molecule has 2 saturated heterocycles. The van der Waals surface area contributed by atoms with Gasteiger partial charge in [-0.2, -0.15) is 0 Å². The third kappa shape index (κ3) is 4.26. The van der Waals surface area contributed by atoms with E-state index in [1.54, 1.807) is 0 Å². The molecule has 4 rings (SSSR count). The van der Waals surface area contributed by atoms with Crippen LogP contribution in [0.1, 0.15) is 55.5 Å². The number of H-pyrrole nitrogens is 1. The molecule has 1 aromatic carbocycles. The van der Waals surface area contributed by atoms with Crippen LogP contribution in [0.4, 0.5) is 0 Å². The van der Waals surface area contributed by atoms with E-state index in [1.165, 1.54) is 30.3 Å². The Hall–Kier alpha value is -1.85. The van der Waals surface area contributed by atoms with Crippen LogP contribution in [-0.4, -0.2) is 70.9 Å². The lowest BCUT2D eigenvalue weighted by atomic mass is 10.1. The molecule has 0 aliphatic carbocycles. The molecule has 2 fully saturated rings. The van der Waals surface area contributed by atoms with E-state index >= 15 is 0 Å².